The Morgan fingerprint density at radius 2 is 1.12 bits per heavy atom. The minimum absolute atomic E-state index is 0.412. The van der Waals surface area contributed by atoms with Crippen molar-refractivity contribution in [2.45, 2.75) is 0 Å². The van der Waals surface area contributed by atoms with Crippen molar-refractivity contribution in [3.8, 4) is 0 Å². The van der Waals surface area contributed by atoms with E-state index in [1.165, 1.54) is 6.33 Å². The lowest BCUT2D eigenvalue weighted by molar-refractivity contribution is -0.0116. The SMILES string of the molecule is Clc1cc(N2CCOCCOCCOCCOCCOCC2)ncn1. The molecule has 2 rings (SSSR count). The lowest BCUT2D eigenvalue weighted by atomic mass is 10.4. The van der Waals surface area contributed by atoms with E-state index in [-0.39, 0.29) is 0 Å². The Labute approximate surface area is 153 Å². The summed E-state index contributed by atoms with van der Waals surface area (Å²) < 4.78 is 27.5. The number of anilines is 1. The van der Waals surface area contributed by atoms with Crippen LogP contribution in [0.1, 0.15) is 0 Å². The molecule has 0 aromatic carbocycles. The van der Waals surface area contributed by atoms with Crippen molar-refractivity contribution < 1.29 is 23.7 Å². The number of halogens is 1. The molecule has 0 N–H and O–H groups in total. The Kier molecular flexibility index (Phi) is 10.7. The van der Waals surface area contributed by atoms with Crippen LogP contribution in [0.5, 0.6) is 0 Å². The highest BCUT2D eigenvalue weighted by Gasteiger charge is 2.09. The summed E-state index contributed by atoms with van der Waals surface area (Å²) in [5, 5.41) is 0.412. The summed E-state index contributed by atoms with van der Waals surface area (Å²) >= 11 is 5.96. The second-order valence-corrected chi connectivity index (χ2v) is 5.64. The molecular formula is C16H26ClN3O5. The minimum Gasteiger partial charge on any atom is -0.377 e. The zero-order chi connectivity index (χ0) is 17.6. The van der Waals surface area contributed by atoms with Crippen LogP contribution in [0.25, 0.3) is 0 Å². The molecule has 1 aliphatic rings. The van der Waals surface area contributed by atoms with Crippen molar-refractivity contribution >= 4 is 17.4 Å². The molecule has 0 saturated carbocycles. The van der Waals surface area contributed by atoms with E-state index < -0.39 is 0 Å². The molecule has 0 aliphatic carbocycles. The van der Waals surface area contributed by atoms with Crippen LogP contribution in [0, 0.1) is 0 Å². The van der Waals surface area contributed by atoms with Gasteiger partial charge in [0.05, 0.1) is 66.1 Å². The minimum atomic E-state index is 0.412. The summed E-state index contributed by atoms with van der Waals surface area (Å²) in [4.78, 5) is 10.3. The molecule has 0 bridgehead atoms. The van der Waals surface area contributed by atoms with Gasteiger partial charge >= 0.3 is 0 Å². The third kappa shape index (κ3) is 9.29. The number of nitrogens with zero attached hydrogens (tertiary/aromatic N) is 3. The molecule has 0 radical (unpaired) electrons. The zero-order valence-corrected chi connectivity index (χ0v) is 15.2. The fourth-order valence-corrected chi connectivity index (χ4v) is 2.31. The van der Waals surface area contributed by atoms with Crippen molar-refractivity contribution in [3.05, 3.63) is 17.5 Å². The number of aromatic nitrogens is 2. The summed E-state index contributed by atoms with van der Waals surface area (Å²) in [5.74, 6) is 0.756. The highest BCUT2D eigenvalue weighted by Crippen LogP contribution is 2.13. The number of hydrogen-bond acceptors (Lipinski definition) is 8. The molecule has 9 heteroatoms. The fraction of sp³-hybridized carbons (Fsp3) is 0.750. The highest BCUT2D eigenvalue weighted by molar-refractivity contribution is 6.29. The Hall–Kier alpha value is -1.03. The van der Waals surface area contributed by atoms with Crippen LogP contribution in [0.15, 0.2) is 12.4 Å². The lowest BCUT2D eigenvalue weighted by Crippen LogP contribution is -2.32. The first kappa shape index (κ1) is 20.3. The van der Waals surface area contributed by atoms with Gasteiger partial charge in [-0.15, -0.1) is 0 Å². The van der Waals surface area contributed by atoms with Gasteiger partial charge in [0, 0.05) is 19.2 Å². The third-order valence-electron chi connectivity index (χ3n) is 3.44. The van der Waals surface area contributed by atoms with Gasteiger partial charge in [0.2, 0.25) is 0 Å². The Balaban J connectivity index is 1.81. The fourth-order valence-electron chi connectivity index (χ4n) is 2.17. The van der Waals surface area contributed by atoms with E-state index in [2.05, 4.69) is 14.9 Å². The molecule has 142 valence electrons. The van der Waals surface area contributed by atoms with Gasteiger partial charge in [-0.25, -0.2) is 9.97 Å². The predicted molar refractivity (Wildman–Crippen MR) is 93.4 cm³/mol. The maximum absolute atomic E-state index is 5.96. The maximum atomic E-state index is 5.96. The molecule has 25 heavy (non-hydrogen) atoms. The highest BCUT2D eigenvalue weighted by atomic mass is 35.5. The summed E-state index contributed by atoms with van der Waals surface area (Å²) in [6.07, 6.45) is 1.45. The Bertz CT molecular complexity index is 451. The molecule has 0 spiro atoms. The van der Waals surface area contributed by atoms with Crippen LogP contribution in [-0.2, 0) is 23.7 Å². The van der Waals surface area contributed by atoms with Gasteiger partial charge < -0.3 is 28.6 Å². The van der Waals surface area contributed by atoms with E-state index >= 15 is 0 Å². The first-order valence-electron chi connectivity index (χ1n) is 8.47. The van der Waals surface area contributed by atoms with Crippen molar-refractivity contribution in [1.82, 2.24) is 9.97 Å². The average molecular weight is 376 g/mol. The van der Waals surface area contributed by atoms with Crippen molar-refractivity contribution in [2.75, 3.05) is 84.1 Å². The average Bonchev–Trinajstić information content (AvgIpc) is 2.62. The summed E-state index contributed by atoms with van der Waals surface area (Å²) in [6.45, 7) is 6.86. The lowest BCUT2D eigenvalue weighted by Gasteiger charge is -2.23. The van der Waals surface area contributed by atoms with E-state index in [0.717, 1.165) is 5.82 Å². The first-order chi connectivity index (χ1) is 12.4. The molecule has 1 aromatic heterocycles. The zero-order valence-electron chi connectivity index (χ0n) is 14.4. The Morgan fingerprint density at radius 1 is 0.680 bits per heavy atom. The smallest absolute Gasteiger partial charge is 0.134 e. The van der Waals surface area contributed by atoms with Crippen LogP contribution in [0.3, 0.4) is 0 Å². The van der Waals surface area contributed by atoms with E-state index in [1.54, 1.807) is 6.07 Å². The van der Waals surface area contributed by atoms with E-state index in [4.69, 9.17) is 35.3 Å². The molecule has 8 nitrogen and oxygen atoms in total. The van der Waals surface area contributed by atoms with Gasteiger partial charge in [-0.3, -0.25) is 0 Å². The summed E-state index contributed by atoms with van der Waals surface area (Å²) in [6, 6.07) is 1.74. The standard InChI is InChI=1S/C16H26ClN3O5/c17-15-13-16(19-14-18-15)20-1-3-21-5-7-23-9-11-25-12-10-24-8-6-22-4-2-20/h13-14H,1-12H2. The Morgan fingerprint density at radius 3 is 1.56 bits per heavy atom. The topological polar surface area (TPSA) is 75.2 Å². The summed E-state index contributed by atoms with van der Waals surface area (Å²) in [5.41, 5.74) is 0. The van der Waals surface area contributed by atoms with Crippen molar-refractivity contribution in [3.63, 3.8) is 0 Å². The molecule has 0 unspecified atom stereocenters. The van der Waals surface area contributed by atoms with Crippen molar-refractivity contribution in [2.24, 2.45) is 0 Å². The molecule has 0 atom stereocenters. The molecule has 1 aliphatic heterocycles. The number of rotatable bonds is 1. The van der Waals surface area contributed by atoms with Crippen LogP contribution in [0.2, 0.25) is 5.15 Å². The molecule has 1 fully saturated rings. The monoisotopic (exact) mass is 375 g/mol. The van der Waals surface area contributed by atoms with Gasteiger partial charge in [0.15, 0.2) is 0 Å². The molecule has 0 amide bonds. The van der Waals surface area contributed by atoms with Gasteiger partial charge in [-0.05, 0) is 0 Å². The van der Waals surface area contributed by atoms with E-state index in [9.17, 15) is 0 Å². The van der Waals surface area contributed by atoms with Gasteiger partial charge in [-0.1, -0.05) is 11.6 Å². The van der Waals surface area contributed by atoms with E-state index in [1.807, 2.05) is 0 Å². The van der Waals surface area contributed by atoms with Gasteiger partial charge in [-0.2, -0.15) is 0 Å². The van der Waals surface area contributed by atoms with Gasteiger partial charge in [0.25, 0.3) is 0 Å². The second kappa shape index (κ2) is 13.2. The van der Waals surface area contributed by atoms with E-state index in [0.29, 0.717) is 84.3 Å². The number of ether oxygens (including phenoxy) is 5. The first-order valence-corrected chi connectivity index (χ1v) is 8.85. The van der Waals surface area contributed by atoms with Crippen LogP contribution < -0.4 is 4.90 Å². The summed E-state index contributed by atoms with van der Waals surface area (Å²) in [7, 11) is 0. The normalized spacial score (nSPS) is 20.6. The molecule has 1 saturated heterocycles. The maximum Gasteiger partial charge on any atom is 0.134 e. The number of hydrogen-bond donors (Lipinski definition) is 0. The third-order valence-corrected chi connectivity index (χ3v) is 3.65. The molecule has 1 aromatic rings. The van der Waals surface area contributed by atoms with Crippen LogP contribution in [-0.4, -0.2) is 89.1 Å². The van der Waals surface area contributed by atoms with Crippen LogP contribution >= 0.6 is 11.6 Å². The second-order valence-electron chi connectivity index (χ2n) is 5.25. The molecular weight excluding hydrogens is 350 g/mol. The van der Waals surface area contributed by atoms with Gasteiger partial charge in [0.1, 0.15) is 17.3 Å². The predicted octanol–water partition coefficient (Wildman–Crippen LogP) is 1.03. The van der Waals surface area contributed by atoms with Crippen LogP contribution in [0.4, 0.5) is 5.82 Å². The largest absolute Gasteiger partial charge is 0.377 e. The quantitative estimate of drug-likeness (QED) is 0.674. The van der Waals surface area contributed by atoms with Crippen molar-refractivity contribution in [1.29, 1.82) is 0 Å². The molecule has 2 heterocycles.